The summed E-state index contributed by atoms with van der Waals surface area (Å²) in [6.45, 7) is 0.248. The molecule has 92 valence electrons. The SMILES string of the molecule is CNC(=S)NC[C@@H](O)c1ccc([N+](=O)[O-])cc1. The van der Waals surface area contributed by atoms with Crippen LogP contribution in [0, 0.1) is 10.1 Å². The van der Waals surface area contributed by atoms with Gasteiger partial charge in [-0.15, -0.1) is 0 Å². The molecule has 0 bridgehead atoms. The molecule has 0 heterocycles. The first-order valence-corrected chi connectivity index (χ1v) is 5.33. The van der Waals surface area contributed by atoms with E-state index in [1.54, 1.807) is 7.05 Å². The monoisotopic (exact) mass is 255 g/mol. The van der Waals surface area contributed by atoms with Crippen LogP contribution in [0.3, 0.4) is 0 Å². The van der Waals surface area contributed by atoms with Crippen molar-refractivity contribution in [2.75, 3.05) is 13.6 Å². The Labute approximate surface area is 104 Å². The molecule has 0 aliphatic heterocycles. The molecule has 0 saturated carbocycles. The number of aliphatic hydroxyl groups is 1. The standard InChI is InChI=1S/C10H13N3O3S/c1-11-10(17)12-6-9(14)7-2-4-8(5-3-7)13(15)16/h2-5,9,14H,6H2,1H3,(H2,11,12,17)/t9-/m1/s1. The van der Waals surface area contributed by atoms with Gasteiger partial charge in [0.2, 0.25) is 0 Å². The number of hydrogen-bond acceptors (Lipinski definition) is 4. The van der Waals surface area contributed by atoms with E-state index >= 15 is 0 Å². The number of nitrogens with zero attached hydrogens (tertiary/aromatic N) is 1. The number of nitro groups is 1. The molecule has 0 amide bonds. The Morgan fingerprint density at radius 2 is 2.12 bits per heavy atom. The Morgan fingerprint density at radius 3 is 2.59 bits per heavy atom. The number of aliphatic hydroxyl groups excluding tert-OH is 1. The van der Waals surface area contributed by atoms with Crippen LogP contribution in [0.5, 0.6) is 0 Å². The smallest absolute Gasteiger partial charge is 0.269 e. The van der Waals surface area contributed by atoms with Gasteiger partial charge in [-0.05, 0) is 29.9 Å². The Bertz CT molecular complexity index is 408. The topological polar surface area (TPSA) is 87.4 Å². The first-order valence-electron chi connectivity index (χ1n) is 4.92. The first-order chi connectivity index (χ1) is 8.04. The van der Waals surface area contributed by atoms with Gasteiger partial charge in [0, 0.05) is 25.7 Å². The molecule has 0 aliphatic carbocycles. The molecular formula is C10H13N3O3S. The van der Waals surface area contributed by atoms with E-state index in [4.69, 9.17) is 12.2 Å². The van der Waals surface area contributed by atoms with Crippen molar-refractivity contribution in [3.05, 3.63) is 39.9 Å². The predicted octanol–water partition coefficient (Wildman–Crippen LogP) is 0.722. The third-order valence-electron chi connectivity index (χ3n) is 2.17. The van der Waals surface area contributed by atoms with Gasteiger partial charge >= 0.3 is 0 Å². The van der Waals surface area contributed by atoms with Crippen molar-refractivity contribution < 1.29 is 10.0 Å². The quantitative estimate of drug-likeness (QED) is 0.417. The van der Waals surface area contributed by atoms with Gasteiger partial charge in [-0.3, -0.25) is 10.1 Å². The maximum Gasteiger partial charge on any atom is 0.269 e. The lowest BCUT2D eigenvalue weighted by Gasteiger charge is -2.13. The molecule has 1 rings (SSSR count). The fourth-order valence-corrected chi connectivity index (χ4v) is 1.30. The van der Waals surface area contributed by atoms with Crippen LogP contribution >= 0.6 is 12.2 Å². The van der Waals surface area contributed by atoms with E-state index < -0.39 is 11.0 Å². The summed E-state index contributed by atoms with van der Waals surface area (Å²) in [6, 6.07) is 5.75. The van der Waals surface area contributed by atoms with Crippen LogP contribution < -0.4 is 10.6 Å². The zero-order valence-electron chi connectivity index (χ0n) is 9.21. The second-order valence-corrected chi connectivity index (χ2v) is 3.73. The molecule has 0 radical (unpaired) electrons. The molecule has 0 fully saturated rings. The lowest BCUT2D eigenvalue weighted by molar-refractivity contribution is -0.384. The predicted molar refractivity (Wildman–Crippen MR) is 67.7 cm³/mol. The largest absolute Gasteiger partial charge is 0.387 e. The fourth-order valence-electron chi connectivity index (χ4n) is 1.21. The van der Waals surface area contributed by atoms with Gasteiger partial charge in [0.05, 0.1) is 11.0 Å². The van der Waals surface area contributed by atoms with Gasteiger partial charge in [0.25, 0.3) is 5.69 Å². The molecule has 7 heteroatoms. The Morgan fingerprint density at radius 1 is 1.53 bits per heavy atom. The molecule has 0 aromatic heterocycles. The van der Waals surface area contributed by atoms with Crippen molar-refractivity contribution >= 4 is 23.0 Å². The van der Waals surface area contributed by atoms with Crippen LogP contribution in [-0.2, 0) is 0 Å². The van der Waals surface area contributed by atoms with E-state index in [-0.39, 0.29) is 12.2 Å². The molecular weight excluding hydrogens is 242 g/mol. The van der Waals surface area contributed by atoms with Crippen LogP contribution in [0.4, 0.5) is 5.69 Å². The number of nitro benzene ring substituents is 1. The minimum atomic E-state index is -0.762. The van der Waals surface area contributed by atoms with E-state index in [2.05, 4.69) is 10.6 Å². The molecule has 3 N–H and O–H groups in total. The Hall–Kier alpha value is -1.73. The Balaban J connectivity index is 2.60. The van der Waals surface area contributed by atoms with Gasteiger partial charge in [-0.25, -0.2) is 0 Å². The minimum absolute atomic E-state index is 0.000320. The lowest BCUT2D eigenvalue weighted by Crippen LogP contribution is -2.35. The summed E-state index contributed by atoms with van der Waals surface area (Å²) in [5, 5.41) is 26.2. The van der Waals surface area contributed by atoms with E-state index in [0.717, 1.165) is 0 Å². The molecule has 0 spiro atoms. The zero-order valence-corrected chi connectivity index (χ0v) is 10.0. The van der Waals surface area contributed by atoms with Crippen LogP contribution in [0.15, 0.2) is 24.3 Å². The fraction of sp³-hybridized carbons (Fsp3) is 0.300. The van der Waals surface area contributed by atoms with Gasteiger partial charge in [-0.1, -0.05) is 0 Å². The highest BCUT2D eigenvalue weighted by Crippen LogP contribution is 2.17. The molecule has 0 saturated heterocycles. The van der Waals surface area contributed by atoms with Crippen molar-refractivity contribution in [3.63, 3.8) is 0 Å². The second kappa shape index (κ2) is 6.12. The van der Waals surface area contributed by atoms with Crippen molar-refractivity contribution in [2.24, 2.45) is 0 Å². The van der Waals surface area contributed by atoms with Crippen molar-refractivity contribution in [3.8, 4) is 0 Å². The van der Waals surface area contributed by atoms with Crippen molar-refractivity contribution in [1.29, 1.82) is 0 Å². The Kier molecular flexibility index (Phi) is 4.80. The second-order valence-electron chi connectivity index (χ2n) is 3.32. The average molecular weight is 255 g/mol. The van der Waals surface area contributed by atoms with E-state index in [1.807, 2.05) is 0 Å². The third-order valence-corrected chi connectivity index (χ3v) is 2.52. The number of non-ortho nitro benzene ring substituents is 1. The van der Waals surface area contributed by atoms with Gasteiger partial charge in [0.15, 0.2) is 5.11 Å². The van der Waals surface area contributed by atoms with Crippen molar-refractivity contribution in [2.45, 2.75) is 6.10 Å². The maximum absolute atomic E-state index is 10.4. The minimum Gasteiger partial charge on any atom is -0.387 e. The zero-order chi connectivity index (χ0) is 12.8. The van der Waals surface area contributed by atoms with E-state index in [0.29, 0.717) is 10.7 Å². The van der Waals surface area contributed by atoms with Crippen LogP contribution in [0.25, 0.3) is 0 Å². The number of benzene rings is 1. The molecule has 0 aliphatic rings. The highest BCUT2D eigenvalue weighted by molar-refractivity contribution is 7.80. The first kappa shape index (κ1) is 13.3. The molecule has 1 aromatic carbocycles. The van der Waals surface area contributed by atoms with Crippen LogP contribution in [0.1, 0.15) is 11.7 Å². The molecule has 0 unspecified atom stereocenters. The molecule has 17 heavy (non-hydrogen) atoms. The molecule has 1 aromatic rings. The van der Waals surface area contributed by atoms with E-state index in [9.17, 15) is 15.2 Å². The molecule has 6 nitrogen and oxygen atoms in total. The lowest BCUT2D eigenvalue weighted by atomic mass is 10.1. The van der Waals surface area contributed by atoms with Gasteiger partial charge < -0.3 is 15.7 Å². The summed E-state index contributed by atoms with van der Waals surface area (Å²) < 4.78 is 0. The summed E-state index contributed by atoms with van der Waals surface area (Å²) in [5.41, 5.74) is 0.599. The molecule has 1 atom stereocenters. The summed E-state index contributed by atoms with van der Waals surface area (Å²) in [5.74, 6) is 0. The van der Waals surface area contributed by atoms with Crippen LogP contribution in [-0.4, -0.2) is 28.7 Å². The number of rotatable bonds is 4. The van der Waals surface area contributed by atoms with Gasteiger partial charge in [0.1, 0.15) is 0 Å². The summed E-state index contributed by atoms with van der Waals surface area (Å²) in [4.78, 5) is 9.96. The third kappa shape index (κ3) is 3.97. The number of hydrogen-bond donors (Lipinski definition) is 3. The van der Waals surface area contributed by atoms with E-state index in [1.165, 1.54) is 24.3 Å². The maximum atomic E-state index is 10.4. The van der Waals surface area contributed by atoms with Crippen molar-refractivity contribution in [1.82, 2.24) is 10.6 Å². The normalized spacial score (nSPS) is 11.6. The number of thiocarbonyl (C=S) groups is 1. The highest BCUT2D eigenvalue weighted by Gasteiger charge is 2.10. The summed E-state index contributed by atoms with van der Waals surface area (Å²) in [6.07, 6.45) is -0.762. The average Bonchev–Trinajstić information content (AvgIpc) is 2.35. The highest BCUT2D eigenvalue weighted by atomic mass is 32.1. The summed E-state index contributed by atoms with van der Waals surface area (Å²) >= 11 is 4.86. The van der Waals surface area contributed by atoms with Gasteiger partial charge in [-0.2, -0.15) is 0 Å². The van der Waals surface area contributed by atoms with Crippen LogP contribution in [0.2, 0.25) is 0 Å². The summed E-state index contributed by atoms with van der Waals surface area (Å²) in [7, 11) is 1.67. The number of nitrogens with one attached hydrogen (secondary N) is 2.